The predicted octanol–water partition coefficient (Wildman–Crippen LogP) is 2.43. The quantitative estimate of drug-likeness (QED) is 0.810. The summed E-state index contributed by atoms with van der Waals surface area (Å²) in [6.07, 6.45) is 0.748. The number of aromatic nitrogens is 2. The number of nitrogens with two attached hydrogens (primary N) is 1. The molecular weight excluding hydrogens is 230 g/mol. The van der Waals surface area contributed by atoms with Crippen LogP contribution >= 0.6 is 0 Å². The van der Waals surface area contributed by atoms with Gasteiger partial charge in [0, 0.05) is 13.2 Å². The van der Waals surface area contributed by atoms with E-state index in [1.54, 1.807) is 0 Å². The molecule has 0 aliphatic carbocycles. The first-order valence-corrected chi connectivity index (χ1v) is 6.64. The largest absolute Gasteiger partial charge is 0.370 e. The van der Waals surface area contributed by atoms with Crippen LogP contribution in [0.4, 0.5) is 0 Å². The molecule has 0 spiro atoms. The van der Waals surface area contributed by atoms with Gasteiger partial charge in [0.2, 0.25) is 11.7 Å². The molecule has 5 nitrogen and oxygen atoms in total. The van der Waals surface area contributed by atoms with Crippen LogP contribution in [-0.4, -0.2) is 23.3 Å². The standard InChI is InChI=1S/C13H25N3O2/c1-6-13(5,8-14)12-15-11(16-18-12)10(9(3)4)17-7-2/h9-10H,6-8,14H2,1-5H3. The van der Waals surface area contributed by atoms with E-state index < -0.39 is 0 Å². The van der Waals surface area contributed by atoms with E-state index in [1.165, 1.54) is 0 Å². The molecule has 0 amide bonds. The minimum absolute atomic E-state index is 0.119. The SMILES string of the molecule is CCOC(c1noc(C(C)(CC)CN)n1)C(C)C. The van der Waals surface area contributed by atoms with E-state index in [0.29, 0.717) is 30.8 Å². The fraction of sp³-hybridized carbons (Fsp3) is 0.846. The van der Waals surface area contributed by atoms with Crippen molar-refractivity contribution < 1.29 is 9.26 Å². The van der Waals surface area contributed by atoms with E-state index in [4.69, 9.17) is 15.0 Å². The van der Waals surface area contributed by atoms with Crippen LogP contribution in [0.25, 0.3) is 0 Å². The third-order valence-corrected chi connectivity index (χ3v) is 3.40. The first kappa shape index (κ1) is 15.1. The van der Waals surface area contributed by atoms with E-state index in [9.17, 15) is 0 Å². The minimum atomic E-state index is -0.251. The lowest BCUT2D eigenvalue weighted by molar-refractivity contribution is 0.0217. The van der Waals surface area contributed by atoms with E-state index >= 15 is 0 Å². The Bertz CT molecular complexity index is 359. The van der Waals surface area contributed by atoms with Crippen LogP contribution < -0.4 is 5.73 Å². The van der Waals surface area contributed by atoms with Crippen LogP contribution in [0.15, 0.2) is 4.52 Å². The molecule has 0 aliphatic heterocycles. The molecule has 2 unspecified atom stereocenters. The lowest BCUT2D eigenvalue weighted by Gasteiger charge is -2.21. The van der Waals surface area contributed by atoms with Gasteiger partial charge in [0.1, 0.15) is 6.10 Å². The van der Waals surface area contributed by atoms with E-state index in [1.807, 2.05) is 13.8 Å². The minimum Gasteiger partial charge on any atom is -0.370 e. The summed E-state index contributed by atoms with van der Waals surface area (Å²) in [5.74, 6) is 1.53. The summed E-state index contributed by atoms with van der Waals surface area (Å²) in [6, 6.07) is 0. The van der Waals surface area contributed by atoms with Crippen molar-refractivity contribution in [3.05, 3.63) is 11.7 Å². The van der Waals surface area contributed by atoms with E-state index in [-0.39, 0.29) is 11.5 Å². The maximum Gasteiger partial charge on any atom is 0.233 e. The first-order chi connectivity index (χ1) is 8.48. The van der Waals surface area contributed by atoms with Crippen molar-refractivity contribution in [1.82, 2.24) is 10.1 Å². The molecule has 1 aromatic rings. The normalized spacial score (nSPS) is 16.8. The van der Waals surface area contributed by atoms with Crippen LogP contribution in [0.3, 0.4) is 0 Å². The van der Waals surface area contributed by atoms with Gasteiger partial charge in [-0.15, -0.1) is 0 Å². The van der Waals surface area contributed by atoms with Crippen molar-refractivity contribution in [1.29, 1.82) is 0 Å². The highest BCUT2D eigenvalue weighted by molar-refractivity contribution is 5.05. The molecule has 0 aliphatic rings. The summed E-state index contributed by atoms with van der Waals surface area (Å²) in [7, 11) is 0. The van der Waals surface area contributed by atoms with Crippen molar-refractivity contribution in [3.8, 4) is 0 Å². The zero-order valence-electron chi connectivity index (χ0n) is 12.1. The first-order valence-electron chi connectivity index (χ1n) is 6.64. The highest BCUT2D eigenvalue weighted by Gasteiger charge is 2.31. The molecule has 1 heterocycles. The summed E-state index contributed by atoms with van der Waals surface area (Å²) >= 11 is 0. The Morgan fingerprint density at radius 3 is 2.50 bits per heavy atom. The molecule has 0 fully saturated rings. The second-order valence-corrected chi connectivity index (χ2v) is 5.20. The molecule has 2 atom stereocenters. The van der Waals surface area contributed by atoms with Gasteiger partial charge in [0.15, 0.2) is 0 Å². The molecule has 0 radical (unpaired) electrons. The number of hydrogen-bond donors (Lipinski definition) is 1. The third kappa shape index (κ3) is 3.09. The Kier molecular flexibility index (Phi) is 5.28. The van der Waals surface area contributed by atoms with Crippen LogP contribution in [0.1, 0.15) is 58.9 Å². The fourth-order valence-corrected chi connectivity index (χ4v) is 1.72. The van der Waals surface area contributed by atoms with Gasteiger partial charge in [-0.05, 0) is 26.2 Å². The van der Waals surface area contributed by atoms with Crippen molar-refractivity contribution in [2.75, 3.05) is 13.2 Å². The van der Waals surface area contributed by atoms with Crippen molar-refractivity contribution in [3.63, 3.8) is 0 Å². The van der Waals surface area contributed by atoms with Crippen molar-refractivity contribution in [2.24, 2.45) is 11.7 Å². The summed E-state index contributed by atoms with van der Waals surface area (Å²) in [6.45, 7) is 11.4. The monoisotopic (exact) mass is 255 g/mol. The lowest BCUT2D eigenvalue weighted by atomic mass is 9.88. The van der Waals surface area contributed by atoms with Crippen LogP contribution in [0, 0.1) is 5.92 Å². The Hall–Kier alpha value is -0.940. The highest BCUT2D eigenvalue weighted by Crippen LogP contribution is 2.28. The highest BCUT2D eigenvalue weighted by atomic mass is 16.5. The Labute approximate surface area is 109 Å². The van der Waals surface area contributed by atoms with Gasteiger partial charge < -0.3 is 15.0 Å². The molecule has 2 N–H and O–H groups in total. The molecule has 0 saturated heterocycles. The molecule has 1 aromatic heterocycles. The third-order valence-electron chi connectivity index (χ3n) is 3.40. The number of nitrogens with zero attached hydrogens (tertiary/aromatic N) is 2. The molecule has 0 aromatic carbocycles. The molecule has 104 valence electrons. The number of ether oxygens (including phenoxy) is 1. The maximum absolute atomic E-state index is 5.79. The second kappa shape index (κ2) is 6.29. The summed E-state index contributed by atoms with van der Waals surface area (Å²) in [5, 5.41) is 4.05. The van der Waals surface area contributed by atoms with Gasteiger partial charge in [-0.25, -0.2) is 0 Å². The molecule has 0 bridgehead atoms. The van der Waals surface area contributed by atoms with Gasteiger partial charge in [0.25, 0.3) is 0 Å². The average Bonchev–Trinajstić information content (AvgIpc) is 2.84. The maximum atomic E-state index is 5.79. The Morgan fingerprint density at radius 1 is 1.39 bits per heavy atom. The van der Waals surface area contributed by atoms with Gasteiger partial charge >= 0.3 is 0 Å². The zero-order valence-corrected chi connectivity index (χ0v) is 12.1. The Balaban J connectivity index is 2.97. The summed E-state index contributed by atoms with van der Waals surface area (Å²) in [4.78, 5) is 4.48. The molecule has 0 saturated carbocycles. The van der Waals surface area contributed by atoms with Crippen LogP contribution in [0.5, 0.6) is 0 Å². The predicted molar refractivity (Wildman–Crippen MR) is 70.2 cm³/mol. The Morgan fingerprint density at radius 2 is 2.06 bits per heavy atom. The van der Waals surface area contributed by atoms with Gasteiger partial charge in [-0.1, -0.05) is 25.9 Å². The van der Waals surface area contributed by atoms with Crippen LogP contribution in [0.2, 0.25) is 0 Å². The fourth-order valence-electron chi connectivity index (χ4n) is 1.72. The van der Waals surface area contributed by atoms with Crippen molar-refractivity contribution >= 4 is 0 Å². The van der Waals surface area contributed by atoms with Gasteiger partial charge in [0.05, 0.1) is 5.41 Å². The lowest BCUT2D eigenvalue weighted by Crippen LogP contribution is -2.31. The second-order valence-electron chi connectivity index (χ2n) is 5.20. The van der Waals surface area contributed by atoms with Crippen LogP contribution in [-0.2, 0) is 10.2 Å². The average molecular weight is 255 g/mol. The van der Waals surface area contributed by atoms with E-state index in [0.717, 1.165) is 6.42 Å². The smallest absolute Gasteiger partial charge is 0.233 e. The van der Waals surface area contributed by atoms with Gasteiger partial charge in [-0.2, -0.15) is 4.98 Å². The summed E-state index contributed by atoms with van der Waals surface area (Å²) in [5.41, 5.74) is 5.54. The summed E-state index contributed by atoms with van der Waals surface area (Å²) < 4.78 is 11.0. The molecular formula is C13H25N3O2. The topological polar surface area (TPSA) is 74.2 Å². The number of rotatable bonds is 7. The zero-order chi connectivity index (χ0) is 13.8. The van der Waals surface area contributed by atoms with Crippen molar-refractivity contribution in [2.45, 2.75) is 52.6 Å². The van der Waals surface area contributed by atoms with Gasteiger partial charge in [-0.3, -0.25) is 0 Å². The molecule has 5 heteroatoms. The van der Waals surface area contributed by atoms with E-state index in [2.05, 4.69) is 30.9 Å². The molecule has 18 heavy (non-hydrogen) atoms. The molecule has 1 rings (SSSR count). The number of hydrogen-bond acceptors (Lipinski definition) is 5.